The highest BCUT2D eigenvalue weighted by molar-refractivity contribution is 9.10. The minimum atomic E-state index is -0.326. The van der Waals surface area contributed by atoms with E-state index in [0.717, 1.165) is 17.0 Å². The van der Waals surface area contributed by atoms with E-state index in [0.29, 0.717) is 35.6 Å². The summed E-state index contributed by atoms with van der Waals surface area (Å²) < 4.78 is 16.7. The molecule has 0 radical (unpaired) electrons. The molecule has 0 aliphatic rings. The second-order valence-electron chi connectivity index (χ2n) is 6.16. The van der Waals surface area contributed by atoms with Crippen LogP contribution >= 0.6 is 28.1 Å². The van der Waals surface area contributed by atoms with Gasteiger partial charge < -0.3 is 19.5 Å². The molecule has 154 valence electrons. The van der Waals surface area contributed by atoms with Crippen molar-refractivity contribution in [3.05, 3.63) is 64.7 Å². The molecule has 2 aromatic rings. The molecular weight excluding hydrogens is 456 g/mol. The number of carbonyl (C=O) groups excluding carboxylic acids is 1. The first-order valence-electron chi connectivity index (χ1n) is 8.80. The molecule has 2 N–H and O–H groups in total. The highest BCUT2D eigenvalue weighted by Gasteiger charge is 2.11. The van der Waals surface area contributed by atoms with Crippen LogP contribution in [0.5, 0.6) is 11.5 Å². The van der Waals surface area contributed by atoms with Gasteiger partial charge in [0.2, 0.25) is 0 Å². The highest BCUT2D eigenvalue weighted by atomic mass is 79.9. The average Bonchev–Trinajstić information content (AvgIpc) is 2.68. The first kappa shape index (κ1) is 22.9. The molecular formula is C21H23BrN2O4S. The first-order valence-corrected chi connectivity index (χ1v) is 10.00. The van der Waals surface area contributed by atoms with Gasteiger partial charge in [0.1, 0.15) is 24.7 Å². The number of ether oxygens (including phenoxy) is 3. The zero-order chi connectivity index (χ0) is 21.2. The quantitative estimate of drug-likeness (QED) is 0.312. The lowest BCUT2D eigenvalue weighted by Crippen LogP contribution is -2.34. The van der Waals surface area contributed by atoms with Gasteiger partial charge in [0.15, 0.2) is 5.11 Å². The fourth-order valence-corrected chi connectivity index (χ4v) is 2.88. The highest BCUT2D eigenvalue weighted by Crippen LogP contribution is 2.26. The van der Waals surface area contributed by atoms with Gasteiger partial charge in [0, 0.05) is 18.4 Å². The summed E-state index contributed by atoms with van der Waals surface area (Å²) in [6.07, 6.45) is 0. The van der Waals surface area contributed by atoms with Gasteiger partial charge in [-0.2, -0.15) is 0 Å². The van der Waals surface area contributed by atoms with Gasteiger partial charge in [-0.05, 0) is 83.1 Å². The van der Waals surface area contributed by atoms with Crippen LogP contribution in [-0.2, 0) is 4.74 Å². The Bertz CT molecular complexity index is 871. The summed E-state index contributed by atoms with van der Waals surface area (Å²) in [4.78, 5) is 12.4. The van der Waals surface area contributed by atoms with E-state index in [2.05, 4.69) is 33.1 Å². The number of hydrogen-bond donors (Lipinski definition) is 2. The van der Waals surface area contributed by atoms with Crippen molar-refractivity contribution in [2.75, 3.05) is 32.2 Å². The Hall–Kier alpha value is -2.42. The number of rotatable bonds is 9. The van der Waals surface area contributed by atoms with E-state index in [1.807, 2.05) is 31.2 Å². The van der Waals surface area contributed by atoms with E-state index >= 15 is 0 Å². The number of methoxy groups -OCH3 is 1. The number of nitrogens with one attached hydrogen (secondary N) is 2. The predicted octanol–water partition coefficient (Wildman–Crippen LogP) is 4.56. The smallest absolute Gasteiger partial charge is 0.257 e. The van der Waals surface area contributed by atoms with Gasteiger partial charge in [0.05, 0.1) is 11.1 Å². The lowest BCUT2D eigenvalue weighted by atomic mass is 10.2. The molecule has 0 aliphatic carbocycles. The van der Waals surface area contributed by atoms with Crippen LogP contribution in [0.1, 0.15) is 17.3 Å². The molecule has 0 spiro atoms. The molecule has 0 unspecified atom stereocenters. The largest absolute Gasteiger partial charge is 0.490 e. The number of thiocarbonyl (C=S) groups is 1. The van der Waals surface area contributed by atoms with Crippen molar-refractivity contribution in [3.8, 4) is 11.5 Å². The summed E-state index contributed by atoms with van der Waals surface area (Å²) in [7, 11) is 1.61. The number of benzene rings is 2. The topological polar surface area (TPSA) is 68.8 Å². The number of amides is 1. The summed E-state index contributed by atoms with van der Waals surface area (Å²) in [5.41, 5.74) is 2.13. The third-order valence-electron chi connectivity index (χ3n) is 3.56. The van der Waals surface area contributed by atoms with Gasteiger partial charge >= 0.3 is 0 Å². The second kappa shape index (κ2) is 11.5. The zero-order valence-corrected chi connectivity index (χ0v) is 18.7. The SMILES string of the molecule is C=C(C)COc1ccc(NC(=S)NC(=O)c2ccc(OCCOC)c(Br)c2)cc1. The Morgan fingerprint density at radius 2 is 1.86 bits per heavy atom. The van der Waals surface area contributed by atoms with Crippen molar-refractivity contribution in [3.63, 3.8) is 0 Å². The van der Waals surface area contributed by atoms with Crippen molar-refractivity contribution in [1.29, 1.82) is 0 Å². The molecule has 0 saturated carbocycles. The average molecular weight is 479 g/mol. The predicted molar refractivity (Wildman–Crippen MR) is 122 cm³/mol. The summed E-state index contributed by atoms with van der Waals surface area (Å²) in [6, 6.07) is 12.3. The Balaban J connectivity index is 1.89. The van der Waals surface area contributed by atoms with E-state index in [9.17, 15) is 4.79 Å². The molecule has 1 amide bonds. The first-order chi connectivity index (χ1) is 13.9. The Morgan fingerprint density at radius 1 is 1.14 bits per heavy atom. The molecule has 0 saturated heterocycles. The maximum Gasteiger partial charge on any atom is 0.257 e. The third kappa shape index (κ3) is 7.84. The molecule has 0 atom stereocenters. The lowest BCUT2D eigenvalue weighted by Gasteiger charge is -2.12. The maximum absolute atomic E-state index is 12.4. The molecule has 0 bridgehead atoms. The van der Waals surface area contributed by atoms with Gasteiger partial charge in [-0.15, -0.1) is 0 Å². The Morgan fingerprint density at radius 3 is 2.48 bits per heavy atom. The molecule has 0 heterocycles. The van der Waals surface area contributed by atoms with Crippen LogP contribution in [-0.4, -0.2) is 38.0 Å². The fourth-order valence-electron chi connectivity index (χ4n) is 2.17. The molecule has 2 rings (SSSR count). The molecule has 2 aromatic carbocycles. The standard InChI is InChI=1S/C21H23BrN2O4S/c1-14(2)13-28-17-7-5-16(6-8-17)23-21(29)24-20(25)15-4-9-19(18(22)12-15)27-11-10-26-3/h4-9,12H,1,10-11,13H2,2-3H3,(H2,23,24,25,29). The van der Waals surface area contributed by atoms with E-state index in [1.54, 1.807) is 25.3 Å². The minimum absolute atomic E-state index is 0.196. The number of anilines is 1. The van der Waals surface area contributed by atoms with Crippen LogP contribution in [0.25, 0.3) is 0 Å². The van der Waals surface area contributed by atoms with Gasteiger partial charge in [0.25, 0.3) is 5.91 Å². The normalized spacial score (nSPS) is 10.2. The Labute approximate surface area is 184 Å². The number of carbonyl (C=O) groups is 1. The van der Waals surface area contributed by atoms with Crippen molar-refractivity contribution in [1.82, 2.24) is 5.32 Å². The van der Waals surface area contributed by atoms with E-state index in [4.69, 9.17) is 26.4 Å². The minimum Gasteiger partial charge on any atom is -0.490 e. The molecule has 0 aromatic heterocycles. The molecule has 0 aliphatic heterocycles. The number of hydrogen-bond acceptors (Lipinski definition) is 5. The van der Waals surface area contributed by atoms with Gasteiger partial charge in [-0.1, -0.05) is 6.58 Å². The fraction of sp³-hybridized carbons (Fsp3) is 0.238. The molecule has 6 nitrogen and oxygen atoms in total. The summed E-state index contributed by atoms with van der Waals surface area (Å²) in [5.74, 6) is 1.03. The second-order valence-corrected chi connectivity index (χ2v) is 7.43. The number of halogens is 1. The van der Waals surface area contributed by atoms with Crippen molar-refractivity contribution in [2.45, 2.75) is 6.92 Å². The van der Waals surface area contributed by atoms with Gasteiger partial charge in [-0.3, -0.25) is 10.1 Å². The molecule has 8 heteroatoms. The summed E-state index contributed by atoms with van der Waals surface area (Å²) >= 11 is 8.63. The molecule has 0 fully saturated rings. The third-order valence-corrected chi connectivity index (χ3v) is 4.39. The maximum atomic E-state index is 12.4. The van der Waals surface area contributed by atoms with Gasteiger partial charge in [-0.25, -0.2) is 0 Å². The van der Waals surface area contributed by atoms with Crippen LogP contribution in [0.15, 0.2) is 59.1 Å². The van der Waals surface area contributed by atoms with E-state index in [-0.39, 0.29) is 11.0 Å². The van der Waals surface area contributed by atoms with Crippen molar-refractivity contribution < 1.29 is 19.0 Å². The molecule has 29 heavy (non-hydrogen) atoms. The van der Waals surface area contributed by atoms with Crippen LogP contribution < -0.4 is 20.1 Å². The van der Waals surface area contributed by atoms with Crippen molar-refractivity contribution in [2.24, 2.45) is 0 Å². The zero-order valence-electron chi connectivity index (χ0n) is 16.3. The van der Waals surface area contributed by atoms with Crippen molar-refractivity contribution >= 4 is 44.9 Å². The summed E-state index contributed by atoms with van der Waals surface area (Å²) in [6.45, 7) is 7.07. The lowest BCUT2D eigenvalue weighted by molar-refractivity contribution is 0.0977. The Kier molecular flexibility index (Phi) is 9.11. The van der Waals surface area contributed by atoms with Crippen LogP contribution in [0.4, 0.5) is 5.69 Å². The van der Waals surface area contributed by atoms with Crippen LogP contribution in [0, 0.1) is 0 Å². The van der Waals surface area contributed by atoms with Crippen LogP contribution in [0.2, 0.25) is 0 Å². The van der Waals surface area contributed by atoms with E-state index < -0.39 is 0 Å². The van der Waals surface area contributed by atoms with Crippen LogP contribution in [0.3, 0.4) is 0 Å². The van der Waals surface area contributed by atoms with E-state index in [1.165, 1.54) is 0 Å². The summed E-state index contributed by atoms with van der Waals surface area (Å²) in [5, 5.41) is 5.82. The monoisotopic (exact) mass is 478 g/mol.